The average Bonchev–Trinajstić information content (AvgIpc) is 2.96. The number of carbonyl (C=O) groups is 2. The lowest BCUT2D eigenvalue weighted by atomic mass is 10.1. The number of amides is 2. The van der Waals surface area contributed by atoms with Crippen LogP contribution in [-0.2, 0) is 11.2 Å². The van der Waals surface area contributed by atoms with E-state index in [4.69, 9.17) is 4.74 Å². The molecule has 0 unspecified atom stereocenters. The highest BCUT2D eigenvalue weighted by atomic mass is 16.5. The number of anilines is 3. The lowest BCUT2D eigenvalue weighted by molar-refractivity contribution is -0.114. The minimum Gasteiger partial charge on any atom is -0.491 e. The van der Waals surface area contributed by atoms with E-state index in [9.17, 15) is 9.59 Å². The van der Waals surface area contributed by atoms with E-state index in [1.54, 1.807) is 29.2 Å². The van der Waals surface area contributed by atoms with Gasteiger partial charge in [0.25, 0.3) is 5.91 Å². The van der Waals surface area contributed by atoms with Gasteiger partial charge in [-0.25, -0.2) is 0 Å². The summed E-state index contributed by atoms with van der Waals surface area (Å²) < 4.78 is 5.98. The van der Waals surface area contributed by atoms with Crippen LogP contribution in [0.3, 0.4) is 0 Å². The summed E-state index contributed by atoms with van der Waals surface area (Å²) in [7, 11) is 0. The number of ether oxygens (including phenoxy) is 1. The van der Waals surface area contributed by atoms with Gasteiger partial charge in [-0.15, -0.1) is 0 Å². The summed E-state index contributed by atoms with van der Waals surface area (Å²) in [6, 6.07) is 34.5. The van der Waals surface area contributed by atoms with Gasteiger partial charge in [0.15, 0.2) is 0 Å². The van der Waals surface area contributed by atoms with Gasteiger partial charge in [0.05, 0.1) is 18.8 Å². The van der Waals surface area contributed by atoms with Crippen LogP contribution >= 0.6 is 0 Å². The molecule has 0 aliphatic heterocycles. The van der Waals surface area contributed by atoms with E-state index in [2.05, 4.69) is 22.8 Å². The highest BCUT2D eigenvalue weighted by Gasteiger charge is 2.16. The zero-order chi connectivity index (χ0) is 26.6. The van der Waals surface area contributed by atoms with Gasteiger partial charge in [-0.05, 0) is 67.8 Å². The van der Waals surface area contributed by atoms with E-state index in [0.29, 0.717) is 30.2 Å². The first-order valence-electron chi connectivity index (χ1n) is 12.9. The van der Waals surface area contributed by atoms with Crippen molar-refractivity contribution in [1.82, 2.24) is 0 Å². The number of carbonyl (C=O) groups excluding carboxylic acids is 2. The van der Waals surface area contributed by atoms with Gasteiger partial charge in [-0.3, -0.25) is 9.59 Å². The fourth-order valence-electron chi connectivity index (χ4n) is 4.16. The van der Waals surface area contributed by atoms with Crippen molar-refractivity contribution in [3.05, 3.63) is 120 Å². The molecule has 6 nitrogen and oxygen atoms in total. The van der Waals surface area contributed by atoms with Gasteiger partial charge in [0, 0.05) is 23.5 Å². The van der Waals surface area contributed by atoms with Crippen LogP contribution in [0.1, 0.15) is 29.3 Å². The Morgan fingerprint density at radius 3 is 2.29 bits per heavy atom. The largest absolute Gasteiger partial charge is 0.491 e. The smallest absolute Gasteiger partial charge is 0.258 e. The number of para-hydroxylation sites is 3. The lowest BCUT2D eigenvalue weighted by Gasteiger charge is -2.21. The molecule has 0 radical (unpaired) electrons. The Bertz CT molecular complexity index is 1330. The van der Waals surface area contributed by atoms with Crippen molar-refractivity contribution in [2.24, 2.45) is 0 Å². The Kier molecular flexibility index (Phi) is 9.51. The molecule has 6 heteroatoms. The van der Waals surface area contributed by atoms with Gasteiger partial charge >= 0.3 is 0 Å². The molecule has 0 fully saturated rings. The molecule has 0 bridgehead atoms. The summed E-state index contributed by atoms with van der Waals surface area (Å²) in [6.45, 7) is 3.12. The molecule has 4 rings (SSSR count). The third-order valence-corrected chi connectivity index (χ3v) is 6.06. The summed E-state index contributed by atoms with van der Waals surface area (Å²) in [5.41, 5.74) is 3.95. The first kappa shape index (κ1) is 26.5. The Hall–Kier alpha value is -4.58. The van der Waals surface area contributed by atoms with E-state index in [0.717, 1.165) is 24.2 Å². The zero-order valence-electron chi connectivity index (χ0n) is 21.6. The molecule has 0 atom stereocenters. The van der Waals surface area contributed by atoms with Crippen LogP contribution in [-0.4, -0.2) is 31.5 Å². The van der Waals surface area contributed by atoms with Crippen molar-refractivity contribution in [1.29, 1.82) is 0 Å². The predicted molar refractivity (Wildman–Crippen MR) is 154 cm³/mol. The average molecular weight is 508 g/mol. The third kappa shape index (κ3) is 7.46. The maximum Gasteiger partial charge on any atom is 0.258 e. The molecule has 0 heterocycles. The molecule has 0 aliphatic carbocycles. The molecular weight excluding hydrogens is 474 g/mol. The van der Waals surface area contributed by atoms with Crippen LogP contribution in [0.2, 0.25) is 0 Å². The van der Waals surface area contributed by atoms with Crippen LogP contribution in [0.15, 0.2) is 109 Å². The van der Waals surface area contributed by atoms with Crippen LogP contribution < -0.4 is 20.3 Å². The van der Waals surface area contributed by atoms with E-state index in [1.165, 1.54) is 5.56 Å². The van der Waals surface area contributed by atoms with Crippen LogP contribution in [0.4, 0.5) is 17.1 Å². The second kappa shape index (κ2) is 13.7. The van der Waals surface area contributed by atoms with Crippen molar-refractivity contribution in [2.75, 3.05) is 35.2 Å². The fourth-order valence-corrected chi connectivity index (χ4v) is 4.16. The number of hydrogen-bond donors (Lipinski definition) is 2. The van der Waals surface area contributed by atoms with Gasteiger partial charge in [0.2, 0.25) is 5.91 Å². The maximum atomic E-state index is 13.1. The van der Waals surface area contributed by atoms with Crippen LogP contribution in [0, 0.1) is 0 Å². The van der Waals surface area contributed by atoms with Crippen molar-refractivity contribution in [3.8, 4) is 5.75 Å². The molecular formula is C32H33N3O3. The minimum atomic E-state index is -0.219. The Morgan fingerprint density at radius 1 is 0.816 bits per heavy atom. The van der Waals surface area contributed by atoms with Gasteiger partial charge in [-0.1, -0.05) is 66.7 Å². The van der Waals surface area contributed by atoms with Crippen molar-refractivity contribution < 1.29 is 14.3 Å². The second-order valence-corrected chi connectivity index (χ2v) is 8.80. The number of benzene rings is 4. The van der Waals surface area contributed by atoms with Gasteiger partial charge in [0.1, 0.15) is 5.75 Å². The maximum absolute atomic E-state index is 13.1. The second-order valence-electron chi connectivity index (χ2n) is 8.80. The van der Waals surface area contributed by atoms with Gasteiger partial charge < -0.3 is 20.3 Å². The standard InChI is InChI=1S/C32H33N3O3/c1-2-35(28-18-7-4-8-19-28)32(37)26-16-11-17-27(23-26)34-31(36)24-33-29-20-9-10-21-30(29)38-22-12-15-25-13-5-3-6-14-25/h3-11,13-14,16-21,23,33H,2,12,15,22,24H2,1H3,(H,34,36). The molecule has 194 valence electrons. The van der Waals surface area contributed by atoms with Crippen LogP contribution in [0.25, 0.3) is 0 Å². The third-order valence-electron chi connectivity index (χ3n) is 6.06. The summed E-state index contributed by atoms with van der Waals surface area (Å²) in [5.74, 6) is 0.372. The zero-order valence-corrected chi connectivity index (χ0v) is 21.6. The molecule has 0 saturated heterocycles. The van der Waals surface area contributed by atoms with E-state index >= 15 is 0 Å². The Balaban J connectivity index is 1.30. The quantitative estimate of drug-likeness (QED) is 0.217. The summed E-state index contributed by atoms with van der Waals surface area (Å²) in [6.07, 6.45) is 1.84. The molecule has 0 aromatic heterocycles. The first-order valence-corrected chi connectivity index (χ1v) is 12.9. The summed E-state index contributed by atoms with van der Waals surface area (Å²) in [4.78, 5) is 27.5. The molecule has 2 N–H and O–H groups in total. The summed E-state index contributed by atoms with van der Waals surface area (Å²) >= 11 is 0. The van der Waals surface area contributed by atoms with Crippen LogP contribution in [0.5, 0.6) is 5.75 Å². The molecule has 4 aromatic carbocycles. The molecule has 4 aromatic rings. The molecule has 0 aliphatic rings. The molecule has 0 saturated carbocycles. The first-order chi connectivity index (χ1) is 18.6. The van der Waals surface area contributed by atoms with Crippen molar-refractivity contribution >= 4 is 28.9 Å². The monoisotopic (exact) mass is 507 g/mol. The molecule has 2 amide bonds. The summed E-state index contributed by atoms with van der Waals surface area (Å²) in [5, 5.41) is 6.05. The number of rotatable bonds is 12. The number of nitrogens with zero attached hydrogens (tertiary/aromatic N) is 1. The highest BCUT2D eigenvalue weighted by Crippen LogP contribution is 2.24. The van der Waals surface area contributed by atoms with Crippen molar-refractivity contribution in [3.63, 3.8) is 0 Å². The van der Waals surface area contributed by atoms with E-state index in [1.807, 2.05) is 79.7 Å². The predicted octanol–water partition coefficient (Wildman–Crippen LogP) is 6.42. The fraction of sp³-hybridized carbons (Fsp3) is 0.188. The molecule has 38 heavy (non-hydrogen) atoms. The van der Waals surface area contributed by atoms with Crippen molar-refractivity contribution in [2.45, 2.75) is 19.8 Å². The minimum absolute atomic E-state index is 0.0632. The lowest BCUT2D eigenvalue weighted by Crippen LogP contribution is -2.30. The topological polar surface area (TPSA) is 70.7 Å². The Morgan fingerprint density at radius 2 is 1.53 bits per heavy atom. The Labute approximate surface area is 224 Å². The highest BCUT2D eigenvalue weighted by molar-refractivity contribution is 6.07. The van der Waals surface area contributed by atoms with Gasteiger partial charge in [-0.2, -0.15) is 0 Å². The molecule has 0 spiro atoms. The number of hydrogen-bond acceptors (Lipinski definition) is 4. The van der Waals surface area contributed by atoms with E-state index in [-0.39, 0.29) is 18.4 Å². The normalized spacial score (nSPS) is 10.4. The SMILES string of the molecule is CCN(C(=O)c1cccc(NC(=O)CNc2ccccc2OCCCc2ccccc2)c1)c1ccccc1. The van der Waals surface area contributed by atoms with E-state index < -0.39 is 0 Å². The number of aryl methyl sites for hydroxylation is 1. The number of nitrogens with one attached hydrogen (secondary N) is 2.